The summed E-state index contributed by atoms with van der Waals surface area (Å²) in [5.74, 6) is 1.54. The molecule has 1 amide bonds. The number of benzene rings is 2. The molecular formula is C33H41N9O. The van der Waals surface area contributed by atoms with E-state index in [1.54, 1.807) is 18.5 Å². The van der Waals surface area contributed by atoms with Gasteiger partial charge in [0.15, 0.2) is 0 Å². The molecule has 1 saturated heterocycles. The third-order valence-electron chi connectivity index (χ3n) is 7.96. The van der Waals surface area contributed by atoms with Gasteiger partial charge in [0.2, 0.25) is 5.91 Å². The number of hydrogen-bond donors (Lipinski definition) is 5. The molecule has 1 aliphatic heterocycles. The van der Waals surface area contributed by atoms with Gasteiger partial charge in [0.1, 0.15) is 17.7 Å². The van der Waals surface area contributed by atoms with Crippen LogP contribution in [0.4, 0.5) is 0 Å². The van der Waals surface area contributed by atoms with Crippen LogP contribution < -0.4 is 16.8 Å². The number of likely N-dealkylation sites (tertiary alicyclic amines) is 1. The Morgan fingerprint density at radius 1 is 1.02 bits per heavy atom. The number of nitrogens with one attached hydrogen (secondary N) is 3. The van der Waals surface area contributed by atoms with E-state index < -0.39 is 6.04 Å². The standard InChI is InChI=1S/C33H41N9O/c1-21(38-33(43)30(41(2)3)24-9-6-5-7-10-24)31-36-19-27(39-31)23-14-12-22(13-15-23)25(34)16-17-26(35)28-20-37-32(40-28)29-11-8-18-42(29)4/h5-7,9-10,12-17,19-21,29-30H,8,11,18,34-35H2,1-4H3,(H,36,39)(H,37,40)(H,38,43)/b25-16-,26-17-/t21-,29-,30+/m0/s1. The maximum absolute atomic E-state index is 13.2. The fourth-order valence-electron chi connectivity index (χ4n) is 5.50. The first-order chi connectivity index (χ1) is 20.7. The van der Waals surface area contributed by atoms with E-state index in [0.29, 0.717) is 23.3 Å². The van der Waals surface area contributed by atoms with Crippen LogP contribution in [0.3, 0.4) is 0 Å². The molecule has 1 aliphatic rings. The monoisotopic (exact) mass is 579 g/mol. The Balaban J connectivity index is 1.22. The second-order valence-electron chi connectivity index (χ2n) is 11.3. The van der Waals surface area contributed by atoms with E-state index in [9.17, 15) is 4.79 Å². The van der Waals surface area contributed by atoms with Crippen LogP contribution >= 0.6 is 0 Å². The molecule has 5 rings (SSSR count). The molecule has 7 N–H and O–H groups in total. The molecule has 3 heterocycles. The summed E-state index contributed by atoms with van der Waals surface area (Å²) in [4.78, 5) is 33.2. The van der Waals surface area contributed by atoms with E-state index in [0.717, 1.165) is 46.9 Å². The summed E-state index contributed by atoms with van der Waals surface area (Å²) >= 11 is 0. The number of H-pyrrole nitrogens is 2. The topological polar surface area (TPSA) is 145 Å². The van der Waals surface area contributed by atoms with Crippen molar-refractivity contribution in [1.29, 1.82) is 0 Å². The average Bonchev–Trinajstić information content (AvgIpc) is 3.77. The van der Waals surface area contributed by atoms with E-state index in [4.69, 9.17) is 11.5 Å². The van der Waals surface area contributed by atoms with Crippen LogP contribution in [0.15, 0.2) is 79.1 Å². The number of likely N-dealkylation sites (N-methyl/N-ethyl adjacent to an activating group) is 1. The minimum Gasteiger partial charge on any atom is -0.398 e. The number of nitrogens with two attached hydrogens (primary N) is 2. The molecule has 10 nitrogen and oxygen atoms in total. The highest BCUT2D eigenvalue weighted by molar-refractivity contribution is 5.83. The van der Waals surface area contributed by atoms with Crippen molar-refractivity contribution in [2.24, 2.45) is 11.5 Å². The third-order valence-corrected chi connectivity index (χ3v) is 7.96. The molecule has 4 aromatic rings. The number of imidazole rings is 2. The first-order valence-electron chi connectivity index (χ1n) is 14.6. The predicted molar refractivity (Wildman–Crippen MR) is 171 cm³/mol. The first-order valence-corrected chi connectivity index (χ1v) is 14.6. The zero-order chi connectivity index (χ0) is 30.5. The van der Waals surface area contributed by atoms with E-state index in [-0.39, 0.29) is 11.9 Å². The van der Waals surface area contributed by atoms with Gasteiger partial charge in [-0.05, 0) is 76.3 Å². The van der Waals surface area contributed by atoms with Gasteiger partial charge in [-0.25, -0.2) is 9.97 Å². The average molecular weight is 580 g/mol. The lowest BCUT2D eigenvalue weighted by molar-refractivity contribution is -0.126. The van der Waals surface area contributed by atoms with Crippen molar-refractivity contribution in [1.82, 2.24) is 35.1 Å². The number of carbonyl (C=O) groups is 1. The molecule has 43 heavy (non-hydrogen) atoms. The van der Waals surface area contributed by atoms with Crippen LogP contribution in [0.2, 0.25) is 0 Å². The molecule has 0 spiro atoms. The van der Waals surface area contributed by atoms with Gasteiger partial charge in [-0.3, -0.25) is 14.6 Å². The fraction of sp³-hybridized carbons (Fsp3) is 0.303. The lowest BCUT2D eigenvalue weighted by Crippen LogP contribution is -2.38. The number of aromatic nitrogens is 4. The Morgan fingerprint density at radius 2 is 1.74 bits per heavy atom. The molecule has 3 atom stereocenters. The normalized spacial score (nSPS) is 17.7. The number of aromatic amines is 2. The van der Waals surface area contributed by atoms with Crippen LogP contribution in [0, 0.1) is 0 Å². The Kier molecular flexibility index (Phi) is 9.08. The highest BCUT2D eigenvalue weighted by Gasteiger charge is 2.26. The summed E-state index contributed by atoms with van der Waals surface area (Å²) in [7, 11) is 5.91. The molecule has 10 heteroatoms. The van der Waals surface area contributed by atoms with Gasteiger partial charge >= 0.3 is 0 Å². The highest BCUT2D eigenvalue weighted by Crippen LogP contribution is 2.29. The lowest BCUT2D eigenvalue weighted by Gasteiger charge is -2.25. The molecule has 0 aliphatic carbocycles. The van der Waals surface area contributed by atoms with Crippen LogP contribution in [0.1, 0.15) is 66.4 Å². The number of allylic oxidation sites excluding steroid dienone is 2. The van der Waals surface area contributed by atoms with Crippen molar-refractivity contribution < 1.29 is 4.79 Å². The van der Waals surface area contributed by atoms with E-state index in [2.05, 4.69) is 37.2 Å². The molecule has 2 aromatic carbocycles. The van der Waals surface area contributed by atoms with Crippen molar-refractivity contribution in [2.75, 3.05) is 27.7 Å². The zero-order valence-electron chi connectivity index (χ0n) is 25.2. The molecular weight excluding hydrogens is 538 g/mol. The summed E-state index contributed by atoms with van der Waals surface area (Å²) < 4.78 is 0. The third kappa shape index (κ3) is 6.87. The van der Waals surface area contributed by atoms with E-state index >= 15 is 0 Å². The Morgan fingerprint density at radius 3 is 2.42 bits per heavy atom. The van der Waals surface area contributed by atoms with Crippen molar-refractivity contribution >= 4 is 17.3 Å². The number of amides is 1. The Labute approximate surface area is 252 Å². The molecule has 224 valence electrons. The number of hydrogen-bond acceptors (Lipinski definition) is 7. The molecule has 1 fully saturated rings. The molecule has 0 radical (unpaired) electrons. The van der Waals surface area contributed by atoms with Crippen molar-refractivity contribution in [3.05, 3.63) is 108 Å². The van der Waals surface area contributed by atoms with Gasteiger partial charge in [-0.15, -0.1) is 0 Å². The summed E-state index contributed by atoms with van der Waals surface area (Å²) in [5.41, 5.74) is 18.3. The van der Waals surface area contributed by atoms with Gasteiger partial charge < -0.3 is 26.8 Å². The van der Waals surface area contributed by atoms with E-state index in [1.165, 1.54) is 6.42 Å². The number of nitrogens with zero attached hydrogens (tertiary/aromatic N) is 4. The summed E-state index contributed by atoms with van der Waals surface area (Å²) in [5, 5.41) is 3.09. The van der Waals surface area contributed by atoms with Crippen LogP contribution in [0.5, 0.6) is 0 Å². The minimum atomic E-state index is -0.398. The van der Waals surface area contributed by atoms with Gasteiger partial charge in [0.05, 0.1) is 41.6 Å². The van der Waals surface area contributed by atoms with Crippen LogP contribution in [-0.2, 0) is 4.79 Å². The molecule has 0 saturated carbocycles. The van der Waals surface area contributed by atoms with Crippen LogP contribution in [0.25, 0.3) is 22.7 Å². The van der Waals surface area contributed by atoms with Gasteiger partial charge in [-0.2, -0.15) is 0 Å². The van der Waals surface area contributed by atoms with Gasteiger partial charge in [0, 0.05) is 5.70 Å². The van der Waals surface area contributed by atoms with Crippen molar-refractivity contribution in [3.63, 3.8) is 0 Å². The summed E-state index contributed by atoms with van der Waals surface area (Å²) in [6.45, 7) is 3.00. The lowest BCUT2D eigenvalue weighted by atomic mass is 10.0. The predicted octanol–water partition coefficient (Wildman–Crippen LogP) is 4.35. The smallest absolute Gasteiger partial charge is 0.242 e. The largest absolute Gasteiger partial charge is 0.398 e. The molecule has 0 bridgehead atoms. The zero-order valence-corrected chi connectivity index (χ0v) is 25.2. The summed E-state index contributed by atoms with van der Waals surface area (Å²) in [6, 6.07) is 17.2. The second-order valence-corrected chi connectivity index (χ2v) is 11.3. The van der Waals surface area contributed by atoms with Crippen molar-refractivity contribution in [3.8, 4) is 11.3 Å². The summed E-state index contributed by atoms with van der Waals surface area (Å²) in [6.07, 6.45) is 9.43. The maximum Gasteiger partial charge on any atom is 0.242 e. The highest BCUT2D eigenvalue weighted by atomic mass is 16.2. The quantitative estimate of drug-likeness (QED) is 0.176. The Bertz CT molecular complexity index is 1580. The fourth-order valence-corrected chi connectivity index (χ4v) is 5.50. The second kappa shape index (κ2) is 13.1. The van der Waals surface area contributed by atoms with Gasteiger partial charge in [-0.1, -0.05) is 54.6 Å². The Hall–Kier alpha value is -4.67. The maximum atomic E-state index is 13.2. The molecule has 2 aromatic heterocycles. The van der Waals surface area contributed by atoms with Crippen molar-refractivity contribution in [2.45, 2.75) is 37.9 Å². The molecule has 0 unspecified atom stereocenters. The van der Waals surface area contributed by atoms with Crippen LogP contribution in [-0.4, -0.2) is 63.3 Å². The minimum absolute atomic E-state index is 0.0858. The van der Waals surface area contributed by atoms with Gasteiger partial charge in [0.25, 0.3) is 0 Å². The SMILES string of the molecule is C[C@H](NC(=O)[C@@H](c1ccccc1)N(C)C)c1ncc(-c2ccc(/C(N)=C/C=C(\N)c3cnc([C@@H]4CCCN4C)[nH]3)cc2)[nH]1. The van der Waals surface area contributed by atoms with E-state index in [1.807, 2.05) is 86.6 Å². The first kappa shape index (κ1) is 29.8. The number of rotatable bonds is 10. The number of carbonyl (C=O) groups excluding carboxylic acids is 1.